The Hall–Kier alpha value is -2.16. The van der Waals surface area contributed by atoms with Gasteiger partial charge in [0.15, 0.2) is 5.69 Å². The van der Waals surface area contributed by atoms with Crippen LogP contribution in [-0.2, 0) is 0 Å². The minimum absolute atomic E-state index is 0.0387. The molecule has 0 aromatic carbocycles. The first kappa shape index (κ1) is 10.9. The van der Waals surface area contributed by atoms with Gasteiger partial charge < -0.3 is 26.6 Å². The molecule has 1 heterocycles. The molecular formula is C6H12N6O3. The molecule has 84 valence electrons. The first-order valence-corrected chi connectivity index (χ1v) is 4.05. The van der Waals surface area contributed by atoms with E-state index in [1.807, 2.05) is 0 Å². The number of aliphatic hydroxyl groups excluding tert-OH is 1. The Balaban J connectivity index is 3.26. The van der Waals surface area contributed by atoms with Crippen molar-refractivity contribution in [3.63, 3.8) is 0 Å². The third-order valence-corrected chi connectivity index (χ3v) is 1.78. The van der Waals surface area contributed by atoms with Gasteiger partial charge in [0.2, 0.25) is 5.82 Å². The van der Waals surface area contributed by atoms with Gasteiger partial charge in [-0.3, -0.25) is 5.73 Å². The highest BCUT2D eigenvalue weighted by Gasteiger charge is 2.21. The Bertz CT molecular complexity index is 353. The minimum atomic E-state index is -0.653. The van der Waals surface area contributed by atoms with E-state index in [4.69, 9.17) is 22.3 Å². The van der Waals surface area contributed by atoms with Crippen LogP contribution in [0.4, 0.5) is 23.3 Å². The molecule has 0 bridgehead atoms. The van der Waals surface area contributed by atoms with E-state index in [-0.39, 0.29) is 39.9 Å². The predicted molar refractivity (Wildman–Crippen MR) is 53.2 cm³/mol. The molecule has 0 aliphatic rings. The van der Waals surface area contributed by atoms with Gasteiger partial charge in [0.25, 0.3) is 0 Å². The molecule has 1 aromatic rings. The molecule has 0 saturated heterocycles. The summed E-state index contributed by atoms with van der Waals surface area (Å²) >= 11 is 0. The quantitative estimate of drug-likeness (QED) is 0.267. The predicted octanol–water partition coefficient (Wildman–Crippen LogP) is -2.90. The van der Waals surface area contributed by atoms with Crippen LogP contribution in [0.5, 0.6) is 0 Å². The van der Waals surface area contributed by atoms with Gasteiger partial charge in [-0.1, -0.05) is 0 Å². The van der Waals surface area contributed by atoms with Crippen LogP contribution in [0.3, 0.4) is 0 Å². The lowest BCUT2D eigenvalue weighted by atomic mass is 10.4. The summed E-state index contributed by atoms with van der Waals surface area (Å²) in [4.78, 5) is 0. The van der Waals surface area contributed by atoms with E-state index in [9.17, 15) is 10.4 Å². The Labute approximate surface area is 84.9 Å². The Morgan fingerprint density at radius 2 is 1.60 bits per heavy atom. The topological polar surface area (TPSA) is 164 Å². The smallest absolute Gasteiger partial charge is 0.451 e. The lowest BCUT2D eigenvalue weighted by Gasteiger charge is -2.16. The molecule has 1 rings (SSSR count). The zero-order chi connectivity index (χ0) is 11.6. The van der Waals surface area contributed by atoms with E-state index in [1.165, 1.54) is 0 Å². The molecule has 9 nitrogen and oxygen atoms in total. The molecule has 0 radical (unpaired) electrons. The van der Waals surface area contributed by atoms with Crippen LogP contribution in [0.25, 0.3) is 0 Å². The molecule has 0 saturated carbocycles. The Morgan fingerprint density at radius 3 is 2.00 bits per heavy atom. The number of nitrogens with two attached hydrogens (primary N) is 3. The largest absolute Gasteiger partial charge is 0.706 e. The van der Waals surface area contributed by atoms with E-state index >= 15 is 0 Å². The van der Waals surface area contributed by atoms with Gasteiger partial charge in [0.1, 0.15) is 0 Å². The zero-order valence-corrected chi connectivity index (χ0v) is 7.80. The van der Waals surface area contributed by atoms with Crippen LogP contribution >= 0.6 is 0 Å². The highest BCUT2D eigenvalue weighted by atomic mass is 16.5. The number of anilines is 4. The Kier molecular flexibility index (Phi) is 2.85. The summed E-state index contributed by atoms with van der Waals surface area (Å²) in [5.74, 6) is -1.28. The van der Waals surface area contributed by atoms with Crippen molar-refractivity contribution in [2.45, 2.75) is 0 Å². The van der Waals surface area contributed by atoms with Crippen molar-refractivity contribution in [1.29, 1.82) is 0 Å². The van der Waals surface area contributed by atoms with Gasteiger partial charge in [-0.15, -0.1) is 0 Å². The SMILES string of the molecule is Nc1c(NCCO)c(N)[n+]([O-])c(N)[n+]1[O-]. The van der Waals surface area contributed by atoms with Gasteiger partial charge in [-0.2, -0.15) is 9.46 Å². The van der Waals surface area contributed by atoms with Crippen LogP contribution < -0.4 is 32.0 Å². The fraction of sp³-hybridized carbons (Fsp3) is 0.333. The third kappa shape index (κ3) is 1.72. The van der Waals surface area contributed by atoms with Crippen molar-refractivity contribution in [3.8, 4) is 0 Å². The maximum Gasteiger partial charge on any atom is 0.451 e. The molecule has 0 aliphatic heterocycles. The van der Waals surface area contributed by atoms with Crippen molar-refractivity contribution >= 4 is 23.3 Å². The fourth-order valence-electron chi connectivity index (χ4n) is 1.03. The second-order valence-electron chi connectivity index (χ2n) is 2.74. The van der Waals surface area contributed by atoms with Crippen molar-refractivity contribution < 1.29 is 14.6 Å². The van der Waals surface area contributed by atoms with Gasteiger partial charge in [-0.05, 0) is 0 Å². The fourth-order valence-corrected chi connectivity index (χ4v) is 1.03. The molecule has 8 N–H and O–H groups in total. The standard InChI is InChI=1S/C6H12N6O3/c7-4-3(10-1-2-13)5(8)12(15)6(9)11(4)14/h10,13H,1-2,7-9H2. The monoisotopic (exact) mass is 216 g/mol. The van der Waals surface area contributed by atoms with Crippen LogP contribution in [-0.4, -0.2) is 18.3 Å². The van der Waals surface area contributed by atoms with Crippen LogP contribution in [0, 0.1) is 10.4 Å². The number of hydrogen-bond acceptors (Lipinski definition) is 7. The molecule has 9 heteroatoms. The molecule has 0 unspecified atom stereocenters. The van der Waals surface area contributed by atoms with E-state index in [0.29, 0.717) is 0 Å². The summed E-state index contributed by atoms with van der Waals surface area (Å²) in [6, 6.07) is 0. The molecule has 1 aromatic heterocycles. The number of nitrogens with one attached hydrogen (secondary N) is 1. The van der Waals surface area contributed by atoms with Crippen LogP contribution in [0.1, 0.15) is 0 Å². The summed E-state index contributed by atoms with van der Waals surface area (Å²) in [5.41, 5.74) is 15.9. The molecule has 0 amide bonds. The minimum Gasteiger partial charge on any atom is -0.706 e. The number of aromatic nitrogens is 2. The summed E-state index contributed by atoms with van der Waals surface area (Å²) in [5, 5.41) is 33.5. The average molecular weight is 216 g/mol. The second kappa shape index (κ2) is 3.92. The maximum atomic E-state index is 11.2. The molecule has 15 heavy (non-hydrogen) atoms. The van der Waals surface area contributed by atoms with Crippen LogP contribution in [0.2, 0.25) is 0 Å². The lowest BCUT2D eigenvalue weighted by Crippen LogP contribution is -2.49. The first-order valence-electron chi connectivity index (χ1n) is 4.05. The number of nitrogen functional groups attached to an aromatic ring is 3. The van der Waals surface area contributed by atoms with Crippen molar-refractivity contribution in [2.75, 3.05) is 35.7 Å². The summed E-state index contributed by atoms with van der Waals surface area (Å²) in [7, 11) is 0. The normalized spacial score (nSPS) is 10.2. The van der Waals surface area contributed by atoms with Crippen molar-refractivity contribution in [1.82, 2.24) is 0 Å². The summed E-state index contributed by atoms with van der Waals surface area (Å²) in [6.07, 6.45) is 0. The molecular weight excluding hydrogens is 204 g/mol. The first-order chi connectivity index (χ1) is 7.00. The van der Waals surface area contributed by atoms with E-state index in [1.54, 1.807) is 0 Å². The molecule has 0 fully saturated rings. The van der Waals surface area contributed by atoms with E-state index in [0.717, 1.165) is 0 Å². The maximum absolute atomic E-state index is 11.2. The highest BCUT2D eigenvalue weighted by Crippen LogP contribution is 2.19. The van der Waals surface area contributed by atoms with Gasteiger partial charge >= 0.3 is 11.8 Å². The van der Waals surface area contributed by atoms with Crippen molar-refractivity contribution in [2.24, 2.45) is 0 Å². The van der Waals surface area contributed by atoms with Crippen LogP contribution in [0.15, 0.2) is 0 Å². The lowest BCUT2D eigenvalue weighted by molar-refractivity contribution is -0.701. The highest BCUT2D eigenvalue weighted by molar-refractivity contribution is 5.70. The van der Waals surface area contributed by atoms with E-state index < -0.39 is 5.95 Å². The number of nitrogens with zero attached hydrogens (tertiary/aromatic N) is 2. The number of hydrogen-bond donors (Lipinski definition) is 5. The number of rotatable bonds is 3. The summed E-state index contributed by atoms with van der Waals surface area (Å²) < 4.78 is 0.117. The number of aliphatic hydroxyl groups is 1. The average Bonchev–Trinajstić information content (AvgIpc) is 2.24. The van der Waals surface area contributed by atoms with Crippen molar-refractivity contribution in [3.05, 3.63) is 10.4 Å². The van der Waals surface area contributed by atoms with Gasteiger partial charge in [0, 0.05) is 6.54 Å². The Morgan fingerprint density at radius 1 is 1.13 bits per heavy atom. The summed E-state index contributed by atoms with van der Waals surface area (Å²) in [6.45, 7) is -0.0840. The van der Waals surface area contributed by atoms with E-state index in [2.05, 4.69) is 5.32 Å². The second-order valence-corrected chi connectivity index (χ2v) is 2.74. The molecule has 0 spiro atoms. The molecule has 0 aliphatic carbocycles. The molecule has 0 atom stereocenters. The van der Waals surface area contributed by atoms with Gasteiger partial charge in [0.05, 0.1) is 6.61 Å². The van der Waals surface area contributed by atoms with Gasteiger partial charge in [-0.25, -0.2) is 5.73 Å². The third-order valence-electron chi connectivity index (χ3n) is 1.78. The zero-order valence-electron chi connectivity index (χ0n) is 7.80.